The molecule has 1 aliphatic heterocycles. The van der Waals surface area contributed by atoms with Gasteiger partial charge in [-0.05, 0) is 6.42 Å². The van der Waals surface area contributed by atoms with E-state index >= 15 is 0 Å². The Bertz CT molecular complexity index is 226. The number of aliphatic hydroxyl groups excluding tert-OH is 1. The molecule has 1 atom stereocenters. The van der Waals surface area contributed by atoms with Crippen molar-refractivity contribution in [2.45, 2.75) is 18.9 Å². The highest BCUT2D eigenvalue weighted by molar-refractivity contribution is 5.79. The quantitative estimate of drug-likeness (QED) is 0.508. The number of ether oxygens (including phenoxy) is 2. The first-order valence-corrected chi connectivity index (χ1v) is 6.03. The molecule has 0 aromatic rings. The zero-order valence-corrected chi connectivity index (χ0v) is 10.1. The number of carbonyl (C=O) groups excluding carboxylic acids is 1. The molecule has 0 aromatic carbocycles. The Morgan fingerprint density at radius 3 is 2.59 bits per heavy atom. The van der Waals surface area contributed by atoms with E-state index in [1.54, 1.807) is 4.90 Å². The summed E-state index contributed by atoms with van der Waals surface area (Å²) in [7, 11) is 0. The molecule has 0 bridgehead atoms. The minimum absolute atomic E-state index is 0.00435. The third-order valence-corrected chi connectivity index (χ3v) is 2.57. The maximum absolute atomic E-state index is 11.4. The molecule has 0 spiro atoms. The second-order valence-corrected chi connectivity index (χ2v) is 4.11. The van der Waals surface area contributed by atoms with Gasteiger partial charge in [-0.1, -0.05) is 0 Å². The van der Waals surface area contributed by atoms with Crippen LogP contribution < -0.4 is 5.73 Å². The second kappa shape index (κ2) is 8.41. The van der Waals surface area contributed by atoms with E-state index in [2.05, 4.69) is 0 Å². The molecule has 1 unspecified atom stereocenters. The first kappa shape index (κ1) is 14.4. The molecule has 1 amide bonds. The van der Waals surface area contributed by atoms with E-state index in [9.17, 15) is 4.79 Å². The van der Waals surface area contributed by atoms with E-state index in [-0.39, 0.29) is 18.6 Å². The van der Waals surface area contributed by atoms with E-state index in [4.69, 9.17) is 20.3 Å². The van der Waals surface area contributed by atoms with Crippen molar-refractivity contribution >= 4 is 5.91 Å². The van der Waals surface area contributed by atoms with Crippen LogP contribution in [0.5, 0.6) is 0 Å². The molecule has 1 saturated heterocycles. The normalized spacial score (nSPS) is 20.2. The monoisotopic (exact) mass is 246 g/mol. The molecule has 0 aliphatic carbocycles. The largest absolute Gasteiger partial charge is 0.394 e. The second-order valence-electron chi connectivity index (χ2n) is 4.11. The van der Waals surface area contributed by atoms with Crippen molar-refractivity contribution in [1.29, 1.82) is 0 Å². The summed E-state index contributed by atoms with van der Waals surface area (Å²) in [5.74, 6) is 0.142. The molecule has 0 saturated carbocycles. The van der Waals surface area contributed by atoms with Gasteiger partial charge in [-0.2, -0.15) is 0 Å². The summed E-state index contributed by atoms with van der Waals surface area (Å²) in [5.41, 5.74) is 5.68. The molecular formula is C11H22N2O4. The molecule has 1 heterocycles. The fourth-order valence-corrected chi connectivity index (χ4v) is 1.76. The van der Waals surface area contributed by atoms with Gasteiger partial charge in [0, 0.05) is 32.2 Å². The predicted octanol–water partition coefficient (Wildman–Crippen LogP) is -1.04. The number of likely N-dealkylation sites (tertiary alicyclic amines) is 1. The summed E-state index contributed by atoms with van der Waals surface area (Å²) in [5, 5.41) is 8.46. The topological polar surface area (TPSA) is 85.0 Å². The lowest BCUT2D eigenvalue weighted by Gasteiger charge is -2.15. The first-order valence-electron chi connectivity index (χ1n) is 6.03. The third-order valence-electron chi connectivity index (χ3n) is 2.57. The minimum atomic E-state index is -0.00435. The average Bonchev–Trinajstić information content (AvgIpc) is 2.61. The number of aliphatic hydroxyl groups is 1. The highest BCUT2D eigenvalue weighted by Gasteiger charge is 2.25. The summed E-state index contributed by atoms with van der Waals surface area (Å²) < 4.78 is 10.4. The Hall–Kier alpha value is -0.690. The number of nitrogens with zero attached hydrogens (tertiary/aromatic N) is 1. The van der Waals surface area contributed by atoms with Gasteiger partial charge < -0.3 is 25.2 Å². The van der Waals surface area contributed by atoms with Gasteiger partial charge >= 0.3 is 0 Å². The molecule has 0 radical (unpaired) electrons. The van der Waals surface area contributed by atoms with E-state index in [1.807, 2.05) is 0 Å². The summed E-state index contributed by atoms with van der Waals surface area (Å²) in [6, 6.07) is -0.00435. The summed E-state index contributed by atoms with van der Waals surface area (Å²) in [6.45, 7) is 3.40. The minimum Gasteiger partial charge on any atom is -0.394 e. The molecular weight excluding hydrogens is 224 g/mol. The summed E-state index contributed by atoms with van der Waals surface area (Å²) in [4.78, 5) is 13.2. The van der Waals surface area contributed by atoms with Crippen LogP contribution >= 0.6 is 0 Å². The highest BCUT2D eigenvalue weighted by atomic mass is 16.5. The van der Waals surface area contributed by atoms with E-state index in [0.29, 0.717) is 45.9 Å². The predicted molar refractivity (Wildman–Crippen MR) is 62.5 cm³/mol. The van der Waals surface area contributed by atoms with Crippen molar-refractivity contribution in [2.75, 3.05) is 46.1 Å². The Morgan fingerprint density at radius 1 is 1.29 bits per heavy atom. The van der Waals surface area contributed by atoms with Gasteiger partial charge in [0.15, 0.2) is 0 Å². The molecule has 1 rings (SSSR count). The Balaban J connectivity index is 1.89. The van der Waals surface area contributed by atoms with Gasteiger partial charge in [0.1, 0.15) is 0 Å². The fourth-order valence-electron chi connectivity index (χ4n) is 1.76. The Morgan fingerprint density at radius 2 is 2.00 bits per heavy atom. The number of carbonyl (C=O) groups is 1. The van der Waals surface area contributed by atoms with Crippen LogP contribution in [0, 0.1) is 0 Å². The highest BCUT2D eigenvalue weighted by Crippen LogP contribution is 2.08. The van der Waals surface area contributed by atoms with Gasteiger partial charge in [0.25, 0.3) is 0 Å². The van der Waals surface area contributed by atoms with Crippen molar-refractivity contribution in [3.63, 3.8) is 0 Å². The van der Waals surface area contributed by atoms with Gasteiger partial charge in [-0.25, -0.2) is 0 Å². The lowest BCUT2D eigenvalue weighted by Crippen LogP contribution is -2.29. The standard InChI is InChI=1S/C11H22N2O4/c12-10-8-11(15)13(9-10)2-1-4-16-6-7-17-5-3-14/h10,14H,1-9,12H2. The van der Waals surface area contributed by atoms with Crippen LogP contribution in [0.3, 0.4) is 0 Å². The van der Waals surface area contributed by atoms with Crippen LogP contribution in [0.1, 0.15) is 12.8 Å². The fraction of sp³-hybridized carbons (Fsp3) is 0.909. The van der Waals surface area contributed by atoms with Crippen molar-refractivity contribution in [3.05, 3.63) is 0 Å². The Kier molecular flexibility index (Phi) is 7.11. The van der Waals surface area contributed by atoms with Crippen molar-refractivity contribution < 1.29 is 19.4 Å². The van der Waals surface area contributed by atoms with E-state index < -0.39 is 0 Å². The van der Waals surface area contributed by atoms with Crippen LogP contribution in [0.2, 0.25) is 0 Å². The molecule has 17 heavy (non-hydrogen) atoms. The molecule has 1 aliphatic rings. The maximum atomic E-state index is 11.4. The zero-order chi connectivity index (χ0) is 12.5. The van der Waals surface area contributed by atoms with Gasteiger partial charge in [-0.3, -0.25) is 4.79 Å². The van der Waals surface area contributed by atoms with Crippen LogP contribution in [0.4, 0.5) is 0 Å². The van der Waals surface area contributed by atoms with Crippen molar-refractivity contribution in [3.8, 4) is 0 Å². The van der Waals surface area contributed by atoms with E-state index in [0.717, 1.165) is 6.42 Å². The third kappa shape index (κ3) is 5.97. The van der Waals surface area contributed by atoms with Crippen LogP contribution in [-0.2, 0) is 14.3 Å². The van der Waals surface area contributed by atoms with Gasteiger partial charge in [0.05, 0.1) is 26.4 Å². The average molecular weight is 246 g/mol. The number of hydrogen-bond acceptors (Lipinski definition) is 5. The zero-order valence-electron chi connectivity index (χ0n) is 10.1. The number of hydrogen-bond donors (Lipinski definition) is 2. The Labute approximate surface area is 102 Å². The number of rotatable bonds is 9. The van der Waals surface area contributed by atoms with Crippen LogP contribution in [0.15, 0.2) is 0 Å². The maximum Gasteiger partial charge on any atom is 0.224 e. The molecule has 3 N–H and O–H groups in total. The number of nitrogens with two attached hydrogens (primary N) is 1. The molecule has 100 valence electrons. The van der Waals surface area contributed by atoms with Gasteiger partial charge in [0.2, 0.25) is 5.91 Å². The summed E-state index contributed by atoms with van der Waals surface area (Å²) in [6.07, 6.45) is 1.29. The molecule has 1 fully saturated rings. The lowest BCUT2D eigenvalue weighted by atomic mass is 10.3. The SMILES string of the molecule is NC1CC(=O)N(CCCOCCOCCO)C1. The van der Waals surface area contributed by atoms with Crippen LogP contribution in [-0.4, -0.2) is 68.1 Å². The van der Waals surface area contributed by atoms with Gasteiger partial charge in [-0.15, -0.1) is 0 Å². The van der Waals surface area contributed by atoms with Crippen molar-refractivity contribution in [2.24, 2.45) is 5.73 Å². The molecule has 6 heteroatoms. The van der Waals surface area contributed by atoms with E-state index in [1.165, 1.54) is 0 Å². The number of amides is 1. The lowest BCUT2D eigenvalue weighted by molar-refractivity contribution is -0.127. The van der Waals surface area contributed by atoms with Crippen LogP contribution in [0.25, 0.3) is 0 Å². The first-order chi connectivity index (χ1) is 8.24. The smallest absolute Gasteiger partial charge is 0.224 e. The molecule has 6 nitrogen and oxygen atoms in total. The molecule has 0 aromatic heterocycles. The summed E-state index contributed by atoms with van der Waals surface area (Å²) >= 11 is 0. The van der Waals surface area contributed by atoms with Crippen molar-refractivity contribution in [1.82, 2.24) is 4.90 Å².